The Bertz CT molecular complexity index is 496. The lowest BCUT2D eigenvalue weighted by atomic mass is 10.1. The van der Waals surface area contributed by atoms with Crippen LogP contribution in [0.3, 0.4) is 0 Å². The molecule has 0 unspecified atom stereocenters. The van der Waals surface area contributed by atoms with Crippen molar-refractivity contribution in [3.05, 3.63) is 41.7 Å². The maximum atomic E-state index is 13.1. The van der Waals surface area contributed by atoms with E-state index in [1.54, 1.807) is 12.3 Å². The summed E-state index contributed by atoms with van der Waals surface area (Å²) >= 11 is 5.59. The van der Waals surface area contributed by atoms with Crippen LogP contribution in [0.4, 0.5) is 4.39 Å². The van der Waals surface area contributed by atoms with Crippen LogP contribution < -0.4 is 0 Å². The van der Waals surface area contributed by atoms with Crippen LogP contribution in [0.25, 0.3) is 11.3 Å². The molecule has 0 bridgehead atoms. The van der Waals surface area contributed by atoms with Crippen molar-refractivity contribution in [3.8, 4) is 11.3 Å². The van der Waals surface area contributed by atoms with Gasteiger partial charge in [0, 0.05) is 17.9 Å². The van der Waals surface area contributed by atoms with Gasteiger partial charge in [-0.2, -0.15) is 0 Å². The van der Waals surface area contributed by atoms with Crippen molar-refractivity contribution in [2.75, 3.05) is 5.88 Å². The molecule has 0 N–H and O–H groups in total. The highest BCUT2D eigenvalue weighted by molar-refractivity contribution is 6.17. The van der Waals surface area contributed by atoms with Gasteiger partial charge in [-0.15, -0.1) is 11.6 Å². The fourth-order valence-electron chi connectivity index (χ4n) is 1.49. The Hall–Kier alpha value is -1.35. The van der Waals surface area contributed by atoms with Crippen molar-refractivity contribution < 1.29 is 8.81 Å². The minimum Gasteiger partial charge on any atom is -0.441 e. The van der Waals surface area contributed by atoms with Crippen molar-refractivity contribution in [2.45, 2.75) is 13.3 Å². The third-order valence-corrected chi connectivity index (χ3v) is 2.52. The molecule has 1 aromatic carbocycles. The van der Waals surface area contributed by atoms with Gasteiger partial charge in [-0.05, 0) is 24.6 Å². The quantitative estimate of drug-likeness (QED) is 0.766. The van der Waals surface area contributed by atoms with Crippen LogP contribution in [0.5, 0.6) is 0 Å². The van der Waals surface area contributed by atoms with Crippen LogP contribution in [0, 0.1) is 12.7 Å². The Morgan fingerprint density at radius 2 is 2.25 bits per heavy atom. The first-order valence-electron chi connectivity index (χ1n) is 4.98. The van der Waals surface area contributed by atoms with Crippen LogP contribution >= 0.6 is 11.6 Å². The van der Waals surface area contributed by atoms with E-state index in [0.29, 0.717) is 24.0 Å². The lowest BCUT2D eigenvalue weighted by molar-refractivity contribution is 0.514. The molecule has 1 aromatic heterocycles. The fraction of sp³-hybridized carbons (Fsp3) is 0.250. The van der Waals surface area contributed by atoms with Gasteiger partial charge in [0.05, 0.1) is 6.20 Å². The highest BCUT2D eigenvalue weighted by atomic mass is 35.5. The molecule has 1 heterocycles. The Morgan fingerprint density at radius 3 is 3.00 bits per heavy atom. The number of hydrogen-bond acceptors (Lipinski definition) is 2. The average molecular weight is 240 g/mol. The summed E-state index contributed by atoms with van der Waals surface area (Å²) in [4.78, 5) is 4.08. The van der Waals surface area contributed by atoms with Crippen molar-refractivity contribution in [1.82, 2.24) is 4.98 Å². The highest BCUT2D eigenvalue weighted by Gasteiger charge is 2.09. The van der Waals surface area contributed by atoms with E-state index in [2.05, 4.69) is 4.98 Å². The van der Waals surface area contributed by atoms with Crippen LogP contribution in [-0.2, 0) is 6.42 Å². The molecule has 16 heavy (non-hydrogen) atoms. The fourth-order valence-corrected chi connectivity index (χ4v) is 1.65. The van der Waals surface area contributed by atoms with Gasteiger partial charge in [0.2, 0.25) is 0 Å². The molecule has 0 aliphatic carbocycles. The number of hydrogen-bond donors (Lipinski definition) is 0. The van der Waals surface area contributed by atoms with E-state index < -0.39 is 0 Å². The predicted molar refractivity (Wildman–Crippen MR) is 61.1 cm³/mol. The van der Waals surface area contributed by atoms with E-state index in [1.165, 1.54) is 12.1 Å². The summed E-state index contributed by atoms with van der Waals surface area (Å²) in [5, 5.41) is 0. The Balaban J connectivity index is 2.38. The predicted octanol–water partition coefficient (Wildman–Crippen LogP) is 3.57. The normalized spacial score (nSPS) is 10.7. The lowest BCUT2D eigenvalue weighted by Crippen LogP contribution is -1.84. The molecule has 0 spiro atoms. The molecule has 0 fully saturated rings. The summed E-state index contributed by atoms with van der Waals surface area (Å²) in [5.74, 6) is 1.34. The number of benzene rings is 1. The molecule has 0 amide bonds. The summed E-state index contributed by atoms with van der Waals surface area (Å²) in [6, 6.07) is 4.59. The van der Waals surface area contributed by atoms with Gasteiger partial charge >= 0.3 is 0 Å². The first-order valence-corrected chi connectivity index (χ1v) is 5.51. The Kier molecular flexibility index (Phi) is 3.25. The first-order chi connectivity index (χ1) is 7.70. The summed E-state index contributed by atoms with van der Waals surface area (Å²) in [6.07, 6.45) is 2.18. The van der Waals surface area contributed by atoms with Crippen molar-refractivity contribution in [3.63, 3.8) is 0 Å². The molecule has 0 saturated heterocycles. The topological polar surface area (TPSA) is 26.0 Å². The summed E-state index contributed by atoms with van der Waals surface area (Å²) < 4.78 is 18.6. The van der Waals surface area contributed by atoms with E-state index in [-0.39, 0.29) is 5.82 Å². The Labute approximate surface area is 98.1 Å². The molecular formula is C12H11ClFNO. The average Bonchev–Trinajstić information content (AvgIpc) is 2.71. The van der Waals surface area contributed by atoms with Gasteiger partial charge in [-0.3, -0.25) is 0 Å². The lowest BCUT2D eigenvalue weighted by Gasteiger charge is -2.01. The Morgan fingerprint density at radius 1 is 1.44 bits per heavy atom. The first kappa shape index (κ1) is 11.1. The van der Waals surface area contributed by atoms with Gasteiger partial charge in [0.1, 0.15) is 5.82 Å². The van der Waals surface area contributed by atoms with Crippen LogP contribution in [0.2, 0.25) is 0 Å². The number of nitrogens with zero attached hydrogens (tertiary/aromatic N) is 1. The second-order valence-electron chi connectivity index (χ2n) is 3.52. The number of aromatic nitrogens is 1. The zero-order valence-corrected chi connectivity index (χ0v) is 9.59. The SMILES string of the molecule is Cc1ccc(F)cc1-c1cnc(CCCl)o1. The molecule has 0 atom stereocenters. The van der Waals surface area contributed by atoms with E-state index in [9.17, 15) is 4.39 Å². The molecule has 0 aliphatic rings. The summed E-state index contributed by atoms with van der Waals surface area (Å²) in [6.45, 7) is 1.90. The molecule has 4 heteroatoms. The number of rotatable bonds is 3. The van der Waals surface area contributed by atoms with Crippen molar-refractivity contribution >= 4 is 11.6 Å². The van der Waals surface area contributed by atoms with E-state index >= 15 is 0 Å². The van der Waals surface area contributed by atoms with Gasteiger partial charge in [0.15, 0.2) is 11.7 Å². The van der Waals surface area contributed by atoms with E-state index in [0.717, 1.165) is 11.1 Å². The highest BCUT2D eigenvalue weighted by Crippen LogP contribution is 2.25. The molecule has 0 aliphatic heterocycles. The van der Waals surface area contributed by atoms with Crippen molar-refractivity contribution in [1.29, 1.82) is 0 Å². The maximum Gasteiger partial charge on any atom is 0.196 e. The maximum absolute atomic E-state index is 13.1. The largest absolute Gasteiger partial charge is 0.441 e. The molecule has 2 rings (SSSR count). The van der Waals surface area contributed by atoms with Crippen LogP contribution in [0.1, 0.15) is 11.5 Å². The smallest absolute Gasteiger partial charge is 0.196 e. The van der Waals surface area contributed by atoms with Crippen LogP contribution in [0.15, 0.2) is 28.8 Å². The minimum atomic E-state index is -0.282. The molecule has 2 aromatic rings. The zero-order chi connectivity index (χ0) is 11.5. The number of aryl methyl sites for hydroxylation is 2. The van der Waals surface area contributed by atoms with E-state index in [4.69, 9.17) is 16.0 Å². The third-order valence-electron chi connectivity index (χ3n) is 2.33. The van der Waals surface area contributed by atoms with Gasteiger partial charge < -0.3 is 4.42 Å². The van der Waals surface area contributed by atoms with Gasteiger partial charge in [0.25, 0.3) is 0 Å². The number of halogens is 2. The monoisotopic (exact) mass is 239 g/mol. The number of alkyl halides is 1. The van der Waals surface area contributed by atoms with Gasteiger partial charge in [-0.25, -0.2) is 9.37 Å². The number of oxazole rings is 1. The van der Waals surface area contributed by atoms with Crippen LogP contribution in [-0.4, -0.2) is 10.9 Å². The molecule has 84 valence electrons. The molecular weight excluding hydrogens is 229 g/mol. The second kappa shape index (κ2) is 4.66. The minimum absolute atomic E-state index is 0.282. The van der Waals surface area contributed by atoms with Crippen molar-refractivity contribution in [2.24, 2.45) is 0 Å². The summed E-state index contributed by atoms with van der Waals surface area (Å²) in [5.41, 5.74) is 1.68. The van der Waals surface area contributed by atoms with Gasteiger partial charge in [-0.1, -0.05) is 6.07 Å². The third kappa shape index (κ3) is 2.25. The molecule has 0 radical (unpaired) electrons. The second-order valence-corrected chi connectivity index (χ2v) is 3.89. The molecule has 0 saturated carbocycles. The zero-order valence-electron chi connectivity index (χ0n) is 8.84. The molecule has 2 nitrogen and oxygen atoms in total. The van der Waals surface area contributed by atoms with E-state index in [1.807, 2.05) is 6.92 Å². The summed E-state index contributed by atoms with van der Waals surface area (Å²) in [7, 11) is 0. The standard InChI is InChI=1S/C12H11ClFNO/c1-8-2-3-9(14)6-10(8)11-7-15-12(16-11)4-5-13/h2-3,6-7H,4-5H2,1H3.